The Labute approximate surface area is 143 Å². The minimum atomic E-state index is -0.372. The van der Waals surface area contributed by atoms with Crippen molar-refractivity contribution in [3.05, 3.63) is 69.1 Å². The molecule has 0 spiro atoms. The molecule has 120 valence electrons. The van der Waals surface area contributed by atoms with Crippen LogP contribution in [0.25, 0.3) is 5.69 Å². The SMILES string of the molecule is C#Cc1cccc(-n2nnn(C)c2=O)c1COc1ccccc1Cl. The number of halogens is 1. The molecule has 7 heteroatoms. The normalized spacial score (nSPS) is 10.4. The molecule has 0 aliphatic heterocycles. The van der Waals surface area contributed by atoms with Gasteiger partial charge in [-0.15, -0.1) is 6.42 Å². The van der Waals surface area contributed by atoms with Gasteiger partial charge in [-0.2, -0.15) is 9.36 Å². The topological polar surface area (TPSA) is 61.9 Å². The molecule has 0 fully saturated rings. The molecule has 0 unspecified atom stereocenters. The maximum Gasteiger partial charge on any atom is 0.368 e. The first-order valence-electron chi connectivity index (χ1n) is 7.07. The van der Waals surface area contributed by atoms with Gasteiger partial charge < -0.3 is 4.74 Å². The quantitative estimate of drug-likeness (QED) is 0.683. The van der Waals surface area contributed by atoms with Crippen molar-refractivity contribution in [1.29, 1.82) is 0 Å². The van der Waals surface area contributed by atoms with Crippen molar-refractivity contribution >= 4 is 11.6 Å². The van der Waals surface area contributed by atoms with E-state index in [-0.39, 0.29) is 12.3 Å². The number of terminal acetylenes is 1. The minimum Gasteiger partial charge on any atom is -0.487 e. The van der Waals surface area contributed by atoms with Crippen LogP contribution in [-0.2, 0) is 13.7 Å². The molecule has 2 aromatic carbocycles. The van der Waals surface area contributed by atoms with Crippen LogP contribution in [0.2, 0.25) is 5.02 Å². The van der Waals surface area contributed by atoms with E-state index in [0.717, 1.165) is 4.68 Å². The zero-order valence-electron chi connectivity index (χ0n) is 12.8. The third kappa shape index (κ3) is 2.90. The van der Waals surface area contributed by atoms with Crippen LogP contribution >= 0.6 is 11.6 Å². The van der Waals surface area contributed by atoms with Crippen molar-refractivity contribution in [2.75, 3.05) is 0 Å². The Morgan fingerprint density at radius 1 is 1.21 bits per heavy atom. The zero-order chi connectivity index (χ0) is 17.1. The highest BCUT2D eigenvalue weighted by molar-refractivity contribution is 6.32. The third-order valence-electron chi connectivity index (χ3n) is 3.47. The molecule has 0 N–H and O–H groups in total. The summed E-state index contributed by atoms with van der Waals surface area (Å²) in [5.41, 5.74) is 1.42. The van der Waals surface area contributed by atoms with Crippen LogP contribution in [0.15, 0.2) is 47.3 Å². The van der Waals surface area contributed by atoms with Crippen LogP contribution in [0.1, 0.15) is 11.1 Å². The lowest BCUT2D eigenvalue weighted by atomic mass is 10.1. The molecule has 1 aromatic heterocycles. The van der Waals surface area contributed by atoms with E-state index >= 15 is 0 Å². The largest absolute Gasteiger partial charge is 0.487 e. The first-order chi connectivity index (χ1) is 11.6. The fraction of sp³-hybridized carbons (Fsp3) is 0.118. The van der Waals surface area contributed by atoms with Crippen molar-refractivity contribution in [1.82, 2.24) is 19.8 Å². The summed E-state index contributed by atoms with van der Waals surface area (Å²) in [6, 6.07) is 12.4. The second kappa shape index (κ2) is 6.60. The molecule has 3 aromatic rings. The molecular formula is C17H13ClN4O2. The van der Waals surface area contributed by atoms with Gasteiger partial charge in [-0.05, 0) is 34.7 Å². The Morgan fingerprint density at radius 2 is 2.00 bits per heavy atom. The molecule has 1 heterocycles. The number of hydrogen-bond donors (Lipinski definition) is 0. The van der Waals surface area contributed by atoms with Crippen LogP contribution in [0.4, 0.5) is 0 Å². The number of para-hydroxylation sites is 1. The van der Waals surface area contributed by atoms with E-state index in [1.54, 1.807) is 30.3 Å². The monoisotopic (exact) mass is 340 g/mol. The molecule has 3 rings (SSSR count). The lowest BCUT2D eigenvalue weighted by molar-refractivity contribution is 0.305. The van der Waals surface area contributed by atoms with Gasteiger partial charge in [0.2, 0.25) is 0 Å². The van der Waals surface area contributed by atoms with Crippen molar-refractivity contribution in [2.24, 2.45) is 7.05 Å². The van der Waals surface area contributed by atoms with Gasteiger partial charge in [-0.3, -0.25) is 0 Å². The van der Waals surface area contributed by atoms with E-state index in [0.29, 0.717) is 27.6 Å². The maximum atomic E-state index is 12.1. The maximum absolute atomic E-state index is 12.1. The Bertz CT molecular complexity index is 985. The van der Waals surface area contributed by atoms with E-state index in [9.17, 15) is 4.79 Å². The standard InChI is InChI=1S/C17H13ClN4O2/c1-3-12-7-6-9-15(22-17(23)21(2)19-20-22)13(12)11-24-16-10-5-4-8-14(16)18/h1,4-10H,11H2,2H3. The summed E-state index contributed by atoms with van der Waals surface area (Å²) in [5, 5.41) is 8.08. The average Bonchev–Trinajstić information content (AvgIpc) is 2.93. The first-order valence-corrected chi connectivity index (χ1v) is 7.45. The van der Waals surface area contributed by atoms with Crippen LogP contribution in [-0.4, -0.2) is 19.8 Å². The summed E-state index contributed by atoms with van der Waals surface area (Å²) >= 11 is 6.10. The van der Waals surface area contributed by atoms with Gasteiger partial charge in [0.15, 0.2) is 0 Å². The number of hydrogen-bond acceptors (Lipinski definition) is 4. The molecule has 0 saturated carbocycles. The van der Waals surface area contributed by atoms with E-state index in [1.807, 2.05) is 12.1 Å². The Morgan fingerprint density at radius 3 is 2.67 bits per heavy atom. The van der Waals surface area contributed by atoms with Crippen molar-refractivity contribution in [2.45, 2.75) is 6.61 Å². The van der Waals surface area contributed by atoms with E-state index < -0.39 is 0 Å². The van der Waals surface area contributed by atoms with Gasteiger partial charge in [0.05, 0.1) is 10.7 Å². The number of ether oxygens (including phenoxy) is 1. The van der Waals surface area contributed by atoms with Gasteiger partial charge in [0, 0.05) is 18.2 Å². The van der Waals surface area contributed by atoms with E-state index in [4.69, 9.17) is 22.8 Å². The van der Waals surface area contributed by atoms with E-state index in [1.165, 1.54) is 11.7 Å². The number of benzene rings is 2. The Balaban J connectivity index is 2.03. The highest BCUT2D eigenvalue weighted by Gasteiger charge is 2.15. The zero-order valence-corrected chi connectivity index (χ0v) is 13.6. The molecule has 6 nitrogen and oxygen atoms in total. The molecule has 0 aliphatic rings. The van der Waals surface area contributed by atoms with Gasteiger partial charge in [0.1, 0.15) is 12.4 Å². The summed E-state index contributed by atoms with van der Waals surface area (Å²) in [6.07, 6.45) is 5.58. The molecule has 0 atom stereocenters. The molecule has 0 amide bonds. The number of aryl methyl sites for hydroxylation is 1. The van der Waals surface area contributed by atoms with Crippen LogP contribution in [0, 0.1) is 12.3 Å². The summed E-state index contributed by atoms with van der Waals surface area (Å²) < 4.78 is 8.10. The van der Waals surface area contributed by atoms with Crippen molar-refractivity contribution in [3.63, 3.8) is 0 Å². The fourth-order valence-electron chi connectivity index (χ4n) is 2.24. The van der Waals surface area contributed by atoms with Crippen LogP contribution in [0.5, 0.6) is 5.75 Å². The number of aromatic nitrogens is 4. The minimum absolute atomic E-state index is 0.141. The highest BCUT2D eigenvalue weighted by Crippen LogP contribution is 2.26. The van der Waals surface area contributed by atoms with Crippen LogP contribution < -0.4 is 10.4 Å². The summed E-state index contributed by atoms with van der Waals surface area (Å²) in [7, 11) is 1.52. The Hall–Kier alpha value is -3.04. The Kier molecular flexibility index (Phi) is 4.36. The fourth-order valence-corrected chi connectivity index (χ4v) is 2.43. The average molecular weight is 341 g/mol. The molecule has 0 aliphatic carbocycles. The summed E-state index contributed by atoms with van der Waals surface area (Å²) in [5.74, 6) is 3.13. The molecule has 0 bridgehead atoms. The second-order valence-corrected chi connectivity index (χ2v) is 5.37. The number of tetrazole rings is 1. The lowest BCUT2D eigenvalue weighted by Crippen LogP contribution is -2.23. The molecule has 0 saturated heterocycles. The predicted octanol–water partition coefficient (Wildman–Crippen LogP) is 2.18. The summed E-state index contributed by atoms with van der Waals surface area (Å²) in [4.78, 5) is 12.1. The predicted molar refractivity (Wildman–Crippen MR) is 90.3 cm³/mol. The van der Waals surface area contributed by atoms with Crippen LogP contribution in [0.3, 0.4) is 0 Å². The number of nitrogens with zero attached hydrogens (tertiary/aromatic N) is 4. The highest BCUT2D eigenvalue weighted by atomic mass is 35.5. The third-order valence-corrected chi connectivity index (χ3v) is 3.78. The van der Waals surface area contributed by atoms with E-state index in [2.05, 4.69) is 16.3 Å². The molecular weight excluding hydrogens is 328 g/mol. The smallest absolute Gasteiger partial charge is 0.368 e. The summed E-state index contributed by atoms with van der Waals surface area (Å²) in [6.45, 7) is 0.141. The molecule has 0 radical (unpaired) electrons. The second-order valence-electron chi connectivity index (χ2n) is 4.96. The number of rotatable bonds is 4. The van der Waals surface area contributed by atoms with Crippen molar-refractivity contribution < 1.29 is 4.74 Å². The van der Waals surface area contributed by atoms with Gasteiger partial charge in [0.25, 0.3) is 0 Å². The van der Waals surface area contributed by atoms with Crippen molar-refractivity contribution in [3.8, 4) is 23.8 Å². The van der Waals surface area contributed by atoms with Gasteiger partial charge >= 0.3 is 5.69 Å². The van der Waals surface area contributed by atoms with Gasteiger partial charge in [-0.1, -0.05) is 35.7 Å². The van der Waals surface area contributed by atoms with Gasteiger partial charge in [-0.25, -0.2) is 4.79 Å². The molecule has 24 heavy (non-hydrogen) atoms. The first kappa shape index (κ1) is 15.8. The lowest BCUT2D eigenvalue weighted by Gasteiger charge is -2.13.